The molecule has 3 aromatic rings. The molecule has 1 amide bonds. The van der Waals surface area contributed by atoms with Crippen LogP contribution in [0.1, 0.15) is 27.4 Å². The summed E-state index contributed by atoms with van der Waals surface area (Å²) in [5, 5.41) is 11.6. The van der Waals surface area contributed by atoms with Crippen molar-refractivity contribution in [2.45, 2.75) is 20.4 Å². The summed E-state index contributed by atoms with van der Waals surface area (Å²) in [6.45, 7) is 4.48. The third kappa shape index (κ3) is 3.72. The summed E-state index contributed by atoms with van der Waals surface area (Å²) < 4.78 is 1.82. The number of carbonyl (C=O) groups excluding carboxylic acids is 1. The molecule has 0 unspecified atom stereocenters. The highest BCUT2D eigenvalue weighted by Gasteiger charge is 2.19. The van der Waals surface area contributed by atoms with Gasteiger partial charge in [-0.3, -0.25) is 14.6 Å². The third-order valence-electron chi connectivity index (χ3n) is 4.79. The van der Waals surface area contributed by atoms with Gasteiger partial charge in [0.05, 0.1) is 11.4 Å². The van der Waals surface area contributed by atoms with Crippen LogP contribution in [0.25, 0.3) is 11.3 Å². The number of benzene rings is 1. The number of rotatable bonds is 5. The summed E-state index contributed by atoms with van der Waals surface area (Å²) in [7, 11) is 7.71. The highest BCUT2D eigenvalue weighted by molar-refractivity contribution is 5.93. The lowest BCUT2D eigenvalue weighted by molar-refractivity contribution is 0.0779. The topological polar surface area (TPSA) is 70.1 Å². The number of aryl methyl sites for hydroxylation is 2. The molecular weight excluding hydrogens is 340 g/mol. The van der Waals surface area contributed by atoms with Gasteiger partial charge in [-0.15, -0.1) is 0 Å². The Morgan fingerprint density at radius 2 is 1.81 bits per heavy atom. The molecular formula is C20H26N6O. The first-order chi connectivity index (χ1) is 12.8. The molecule has 0 bridgehead atoms. The molecule has 27 heavy (non-hydrogen) atoms. The quantitative estimate of drug-likeness (QED) is 0.754. The van der Waals surface area contributed by atoms with Crippen molar-refractivity contribution >= 4 is 11.6 Å². The first-order valence-corrected chi connectivity index (χ1v) is 8.85. The number of hydrogen-bond donors (Lipinski definition) is 1. The molecule has 7 heteroatoms. The molecule has 1 N–H and O–H groups in total. The first-order valence-electron chi connectivity index (χ1n) is 8.85. The number of carbonyl (C=O) groups is 1. The van der Waals surface area contributed by atoms with E-state index in [1.165, 1.54) is 0 Å². The number of aromatic amines is 1. The number of H-pyrrole nitrogens is 1. The Balaban J connectivity index is 1.75. The predicted molar refractivity (Wildman–Crippen MR) is 107 cm³/mol. The Morgan fingerprint density at radius 1 is 1.15 bits per heavy atom. The maximum absolute atomic E-state index is 12.8. The minimum absolute atomic E-state index is 0.0929. The summed E-state index contributed by atoms with van der Waals surface area (Å²) in [6.07, 6.45) is 0. The van der Waals surface area contributed by atoms with E-state index in [4.69, 9.17) is 0 Å². The molecule has 0 spiro atoms. The molecule has 3 rings (SSSR count). The van der Waals surface area contributed by atoms with E-state index < -0.39 is 0 Å². The Kier molecular flexibility index (Phi) is 5.03. The van der Waals surface area contributed by atoms with Crippen LogP contribution in [0.5, 0.6) is 0 Å². The van der Waals surface area contributed by atoms with Crippen LogP contribution in [0.4, 0.5) is 5.69 Å². The van der Waals surface area contributed by atoms with E-state index in [-0.39, 0.29) is 5.91 Å². The molecule has 2 aromatic heterocycles. The van der Waals surface area contributed by atoms with Gasteiger partial charge in [-0.1, -0.05) is 12.1 Å². The van der Waals surface area contributed by atoms with Crippen molar-refractivity contribution in [2.24, 2.45) is 7.05 Å². The summed E-state index contributed by atoms with van der Waals surface area (Å²) in [5.74, 6) is -0.0929. The van der Waals surface area contributed by atoms with Gasteiger partial charge < -0.3 is 9.80 Å². The average Bonchev–Trinajstić information content (AvgIpc) is 3.19. The second-order valence-electron chi connectivity index (χ2n) is 7.06. The molecule has 0 aliphatic carbocycles. The van der Waals surface area contributed by atoms with Gasteiger partial charge in [0, 0.05) is 51.7 Å². The number of amides is 1. The van der Waals surface area contributed by atoms with Gasteiger partial charge in [-0.25, -0.2) is 0 Å². The van der Waals surface area contributed by atoms with E-state index in [0.29, 0.717) is 12.2 Å². The summed E-state index contributed by atoms with van der Waals surface area (Å²) in [5.41, 5.74) is 6.31. The molecule has 0 radical (unpaired) electrons. The zero-order chi connectivity index (χ0) is 19.7. The highest BCUT2D eigenvalue weighted by Crippen LogP contribution is 2.25. The molecule has 0 fully saturated rings. The fraction of sp³-hybridized carbons (Fsp3) is 0.350. The molecule has 2 heterocycles. The van der Waals surface area contributed by atoms with E-state index in [9.17, 15) is 4.79 Å². The molecule has 7 nitrogen and oxygen atoms in total. The maximum atomic E-state index is 12.8. The van der Waals surface area contributed by atoms with Crippen LogP contribution in [-0.4, -0.2) is 51.9 Å². The van der Waals surface area contributed by atoms with Crippen LogP contribution in [0, 0.1) is 13.8 Å². The number of nitrogens with zero attached hydrogens (tertiary/aromatic N) is 5. The number of hydrogen-bond acceptors (Lipinski definition) is 4. The SMILES string of the molecule is Cc1nn(C)c(C)c1-c1cc(C(=O)N(C)Cc2ccc(N(C)C)cc2)[nH]n1. The molecule has 0 aliphatic rings. The molecule has 142 valence electrons. The lowest BCUT2D eigenvalue weighted by Gasteiger charge is -2.17. The zero-order valence-corrected chi connectivity index (χ0v) is 16.7. The smallest absolute Gasteiger partial charge is 0.271 e. The standard InChI is InChI=1S/C20H26N6O/c1-13-19(14(2)26(6)23-13)17-11-18(22-21-17)20(27)25(5)12-15-7-9-16(10-8-15)24(3)4/h7-11H,12H2,1-6H3,(H,21,22). The van der Waals surface area contributed by atoms with Crippen molar-refractivity contribution in [3.05, 3.63) is 53.0 Å². The van der Waals surface area contributed by atoms with E-state index in [2.05, 4.69) is 27.4 Å². The lowest BCUT2D eigenvalue weighted by atomic mass is 10.1. The van der Waals surface area contributed by atoms with E-state index in [1.807, 2.05) is 56.7 Å². The molecule has 0 aliphatic heterocycles. The van der Waals surface area contributed by atoms with Crippen LogP contribution >= 0.6 is 0 Å². The largest absolute Gasteiger partial charge is 0.378 e. The molecule has 0 saturated carbocycles. The Labute approximate surface area is 159 Å². The van der Waals surface area contributed by atoms with Gasteiger partial charge in [0.1, 0.15) is 5.69 Å². The normalized spacial score (nSPS) is 10.9. The fourth-order valence-corrected chi connectivity index (χ4v) is 3.15. The summed E-state index contributed by atoms with van der Waals surface area (Å²) in [6, 6.07) is 9.98. The summed E-state index contributed by atoms with van der Waals surface area (Å²) >= 11 is 0. The molecule has 0 saturated heterocycles. The van der Waals surface area contributed by atoms with Crippen molar-refractivity contribution in [2.75, 3.05) is 26.0 Å². The van der Waals surface area contributed by atoms with E-state index in [0.717, 1.165) is 33.9 Å². The minimum atomic E-state index is -0.0929. The minimum Gasteiger partial charge on any atom is -0.378 e. The van der Waals surface area contributed by atoms with Crippen molar-refractivity contribution in [1.82, 2.24) is 24.9 Å². The van der Waals surface area contributed by atoms with E-state index >= 15 is 0 Å². The van der Waals surface area contributed by atoms with Crippen LogP contribution in [0.2, 0.25) is 0 Å². The van der Waals surface area contributed by atoms with Gasteiger partial charge in [-0.05, 0) is 37.6 Å². The van der Waals surface area contributed by atoms with Crippen molar-refractivity contribution in [3.8, 4) is 11.3 Å². The van der Waals surface area contributed by atoms with Gasteiger partial charge in [0.15, 0.2) is 0 Å². The van der Waals surface area contributed by atoms with Gasteiger partial charge in [0.25, 0.3) is 5.91 Å². The average molecular weight is 366 g/mol. The maximum Gasteiger partial charge on any atom is 0.271 e. The summed E-state index contributed by atoms with van der Waals surface area (Å²) in [4.78, 5) is 16.5. The number of aromatic nitrogens is 4. The van der Waals surface area contributed by atoms with Gasteiger partial charge in [0.2, 0.25) is 0 Å². The van der Waals surface area contributed by atoms with Crippen molar-refractivity contribution < 1.29 is 4.79 Å². The Morgan fingerprint density at radius 3 is 2.37 bits per heavy atom. The number of nitrogens with one attached hydrogen (secondary N) is 1. The monoisotopic (exact) mass is 366 g/mol. The van der Waals surface area contributed by atoms with Crippen LogP contribution in [-0.2, 0) is 13.6 Å². The fourth-order valence-electron chi connectivity index (χ4n) is 3.15. The van der Waals surface area contributed by atoms with E-state index in [1.54, 1.807) is 18.0 Å². The molecule has 1 aromatic carbocycles. The lowest BCUT2D eigenvalue weighted by Crippen LogP contribution is -2.26. The first kappa shape index (κ1) is 18.7. The molecule has 0 atom stereocenters. The van der Waals surface area contributed by atoms with Crippen molar-refractivity contribution in [1.29, 1.82) is 0 Å². The van der Waals surface area contributed by atoms with Crippen molar-refractivity contribution in [3.63, 3.8) is 0 Å². The van der Waals surface area contributed by atoms with Gasteiger partial charge in [-0.2, -0.15) is 10.2 Å². The number of anilines is 1. The highest BCUT2D eigenvalue weighted by atomic mass is 16.2. The Bertz CT molecular complexity index is 952. The predicted octanol–water partition coefficient (Wildman–Crippen LogP) is 2.77. The zero-order valence-electron chi connectivity index (χ0n) is 16.7. The van der Waals surface area contributed by atoms with Crippen LogP contribution in [0.3, 0.4) is 0 Å². The van der Waals surface area contributed by atoms with Gasteiger partial charge >= 0.3 is 0 Å². The second-order valence-corrected chi connectivity index (χ2v) is 7.06. The van der Waals surface area contributed by atoms with Crippen LogP contribution in [0.15, 0.2) is 30.3 Å². The second kappa shape index (κ2) is 7.26. The Hall–Kier alpha value is -3.09. The third-order valence-corrected chi connectivity index (χ3v) is 4.79. The van der Waals surface area contributed by atoms with Crippen LogP contribution < -0.4 is 4.90 Å².